The number of nitrogens with zero attached hydrogens (tertiary/aromatic N) is 2. The quantitative estimate of drug-likeness (QED) is 0.809. The van der Waals surface area contributed by atoms with Crippen molar-refractivity contribution in [1.82, 2.24) is 20.4 Å². The number of aryl methyl sites for hydroxylation is 1. The van der Waals surface area contributed by atoms with E-state index in [1.807, 2.05) is 62.7 Å². The van der Waals surface area contributed by atoms with Crippen molar-refractivity contribution in [3.8, 4) is 5.69 Å². The van der Waals surface area contributed by atoms with Gasteiger partial charge in [0.05, 0.1) is 17.9 Å². The molecule has 0 fully saturated rings. The minimum absolute atomic E-state index is 0.0122. The lowest BCUT2D eigenvalue weighted by Crippen LogP contribution is -2.39. The molecule has 0 bridgehead atoms. The van der Waals surface area contributed by atoms with Gasteiger partial charge in [-0.05, 0) is 51.8 Å². The van der Waals surface area contributed by atoms with Gasteiger partial charge in [-0.3, -0.25) is 9.59 Å². The third kappa shape index (κ3) is 5.17. The second kappa shape index (κ2) is 8.46. The first-order valence-corrected chi connectivity index (χ1v) is 8.55. The molecule has 1 aromatic heterocycles. The number of rotatable bonds is 7. The van der Waals surface area contributed by atoms with Crippen molar-refractivity contribution < 1.29 is 9.59 Å². The first-order chi connectivity index (χ1) is 11.9. The second-order valence-electron chi connectivity index (χ2n) is 6.40. The number of hydrogen-bond donors (Lipinski definition) is 2. The third-order valence-corrected chi connectivity index (χ3v) is 3.94. The van der Waals surface area contributed by atoms with E-state index in [0.717, 1.165) is 22.6 Å². The van der Waals surface area contributed by atoms with E-state index in [1.54, 1.807) is 0 Å². The van der Waals surface area contributed by atoms with Gasteiger partial charge < -0.3 is 10.6 Å². The van der Waals surface area contributed by atoms with E-state index in [2.05, 4.69) is 15.7 Å². The van der Waals surface area contributed by atoms with E-state index >= 15 is 0 Å². The maximum absolute atomic E-state index is 12.0. The van der Waals surface area contributed by atoms with Crippen LogP contribution in [0.4, 0.5) is 0 Å². The van der Waals surface area contributed by atoms with Gasteiger partial charge in [-0.15, -0.1) is 0 Å². The molecule has 0 aliphatic heterocycles. The van der Waals surface area contributed by atoms with Gasteiger partial charge >= 0.3 is 0 Å². The van der Waals surface area contributed by atoms with Gasteiger partial charge in [0.2, 0.25) is 11.8 Å². The van der Waals surface area contributed by atoms with Crippen LogP contribution in [-0.4, -0.2) is 34.2 Å². The normalized spacial score (nSPS) is 10.8. The van der Waals surface area contributed by atoms with Gasteiger partial charge in [0, 0.05) is 18.2 Å². The van der Waals surface area contributed by atoms with E-state index in [0.29, 0.717) is 12.8 Å². The highest BCUT2D eigenvalue weighted by atomic mass is 16.2. The highest BCUT2D eigenvalue weighted by Gasteiger charge is 2.14. The fraction of sp³-hybridized carbons (Fsp3) is 0.421. The van der Waals surface area contributed by atoms with Crippen molar-refractivity contribution in [2.75, 3.05) is 6.54 Å². The number of nitrogens with one attached hydrogen (secondary N) is 2. The molecule has 1 aromatic carbocycles. The highest BCUT2D eigenvalue weighted by molar-refractivity contribution is 5.84. The molecule has 0 spiro atoms. The van der Waals surface area contributed by atoms with Crippen LogP contribution in [0.15, 0.2) is 30.3 Å². The monoisotopic (exact) mass is 342 g/mol. The van der Waals surface area contributed by atoms with Crippen LogP contribution in [0, 0.1) is 13.8 Å². The fourth-order valence-corrected chi connectivity index (χ4v) is 2.74. The van der Waals surface area contributed by atoms with Gasteiger partial charge in [0.1, 0.15) is 0 Å². The van der Waals surface area contributed by atoms with Crippen LogP contribution in [0.3, 0.4) is 0 Å². The first kappa shape index (κ1) is 18.7. The molecule has 0 radical (unpaired) electrons. The molecule has 2 amide bonds. The Kier molecular flexibility index (Phi) is 6.33. The standard InChI is InChI=1S/C19H26N4O2/c1-13(2)21-19(25)12-20-18(24)11-10-17-14(3)22-23(15(17)4)16-8-6-5-7-9-16/h5-9,13H,10-12H2,1-4H3,(H,20,24)(H,21,25). The Bertz CT molecular complexity index is 735. The summed E-state index contributed by atoms with van der Waals surface area (Å²) >= 11 is 0. The van der Waals surface area contributed by atoms with Crippen molar-refractivity contribution in [3.63, 3.8) is 0 Å². The van der Waals surface area contributed by atoms with Crippen molar-refractivity contribution in [2.45, 2.75) is 46.6 Å². The molecule has 2 rings (SSSR count). The topological polar surface area (TPSA) is 76.0 Å². The van der Waals surface area contributed by atoms with Crippen molar-refractivity contribution in [2.24, 2.45) is 0 Å². The van der Waals surface area contributed by atoms with Crippen LogP contribution in [0.2, 0.25) is 0 Å². The van der Waals surface area contributed by atoms with Gasteiger partial charge in [-0.25, -0.2) is 4.68 Å². The molecule has 134 valence electrons. The number of para-hydroxylation sites is 1. The molecule has 0 aliphatic carbocycles. The van der Waals surface area contributed by atoms with Crippen LogP contribution in [0.25, 0.3) is 5.69 Å². The Balaban J connectivity index is 1.94. The van der Waals surface area contributed by atoms with E-state index in [-0.39, 0.29) is 24.4 Å². The van der Waals surface area contributed by atoms with Gasteiger partial charge in [0.25, 0.3) is 0 Å². The lowest BCUT2D eigenvalue weighted by Gasteiger charge is -2.09. The number of hydrogen-bond acceptors (Lipinski definition) is 3. The number of aromatic nitrogens is 2. The highest BCUT2D eigenvalue weighted by Crippen LogP contribution is 2.19. The smallest absolute Gasteiger partial charge is 0.239 e. The molecule has 0 atom stereocenters. The molecule has 0 saturated carbocycles. The minimum Gasteiger partial charge on any atom is -0.352 e. The predicted molar refractivity (Wildman–Crippen MR) is 97.6 cm³/mol. The molecule has 2 N–H and O–H groups in total. The fourth-order valence-electron chi connectivity index (χ4n) is 2.74. The maximum atomic E-state index is 12.0. The van der Waals surface area contributed by atoms with Crippen molar-refractivity contribution in [1.29, 1.82) is 0 Å². The van der Waals surface area contributed by atoms with Crippen LogP contribution in [-0.2, 0) is 16.0 Å². The van der Waals surface area contributed by atoms with Crippen LogP contribution >= 0.6 is 0 Å². The number of amides is 2. The summed E-state index contributed by atoms with van der Waals surface area (Å²) in [6, 6.07) is 9.99. The molecule has 25 heavy (non-hydrogen) atoms. The first-order valence-electron chi connectivity index (χ1n) is 8.55. The Morgan fingerprint density at radius 3 is 2.44 bits per heavy atom. The molecular weight excluding hydrogens is 316 g/mol. The molecular formula is C19H26N4O2. The number of carbonyl (C=O) groups is 2. The zero-order valence-corrected chi connectivity index (χ0v) is 15.3. The van der Waals surface area contributed by atoms with Gasteiger partial charge in [0.15, 0.2) is 0 Å². The van der Waals surface area contributed by atoms with Crippen LogP contribution in [0.1, 0.15) is 37.2 Å². The minimum atomic E-state index is -0.174. The number of carbonyl (C=O) groups excluding carboxylic acids is 2. The summed E-state index contributed by atoms with van der Waals surface area (Å²) in [4.78, 5) is 23.5. The lowest BCUT2D eigenvalue weighted by atomic mass is 10.1. The van der Waals surface area contributed by atoms with E-state index in [4.69, 9.17) is 0 Å². The Morgan fingerprint density at radius 2 is 1.80 bits per heavy atom. The zero-order valence-electron chi connectivity index (χ0n) is 15.3. The Morgan fingerprint density at radius 1 is 1.12 bits per heavy atom. The van der Waals surface area contributed by atoms with E-state index < -0.39 is 0 Å². The van der Waals surface area contributed by atoms with Gasteiger partial charge in [-0.2, -0.15) is 5.10 Å². The third-order valence-electron chi connectivity index (χ3n) is 3.94. The largest absolute Gasteiger partial charge is 0.352 e. The molecule has 2 aromatic rings. The summed E-state index contributed by atoms with van der Waals surface area (Å²) < 4.78 is 1.90. The molecule has 6 nitrogen and oxygen atoms in total. The van der Waals surface area contributed by atoms with E-state index in [9.17, 15) is 9.59 Å². The summed E-state index contributed by atoms with van der Waals surface area (Å²) in [5.41, 5.74) is 4.04. The Hall–Kier alpha value is -2.63. The summed E-state index contributed by atoms with van der Waals surface area (Å²) in [5.74, 6) is -0.308. The number of benzene rings is 1. The van der Waals surface area contributed by atoms with Crippen LogP contribution < -0.4 is 10.6 Å². The maximum Gasteiger partial charge on any atom is 0.239 e. The van der Waals surface area contributed by atoms with Gasteiger partial charge in [-0.1, -0.05) is 18.2 Å². The van der Waals surface area contributed by atoms with E-state index in [1.165, 1.54) is 0 Å². The second-order valence-corrected chi connectivity index (χ2v) is 6.40. The SMILES string of the molecule is Cc1nn(-c2ccccc2)c(C)c1CCC(=O)NCC(=O)NC(C)C. The van der Waals surface area contributed by atoms with Crippen molar-refractivity contribution in [3.05, 3.63) is 47.3 Å². The molecule has 0 unspecified atom stereocenters. The average molecular weight is 342 g/mol. The summed E-state index contributed by atoms with van der Waals surface area (Å²) in [5, 5.41) is 9.99. The Labute approximate surface area is 148 Å². The molecule has 0 aliphatic rings. The van der Waals surface area contributed by atoms with Crippen molar-refractivity contribution >= 4 is 11.8 Å². The predicted octanol–water partition coefficient (Wildman–Crippen LogP) is 2.06. The summed E-state index contributed by atoms with van der Waals surface area (Å²) in [7, 11) is 0. The molecule has 0 saturated heterocycles. The summed E-state index contributed by atoms with van der Waals surface area (Å²) in [6.45, 7) is 7.75. The average Bonchev–Trinajstić information content (AvgIpc) is 2.85. The van der Waals surface area contributed by atoms with Crippen LogP contribution in [0.5, 0.6) is 0 Å². The lowest BCUT2D eigenvalue weighted by molar-refractivity contribution is -0.126. The molecule has 1 heterocycles. The zero-order chi connectivity index (χ0) is 18.4. The molecule has 6 heteroatoms. The summed E-state index contributed by atoms with van der Waals surface area (Å²) in [6.07, 6.45) is 0.930.